The Hall–Kier alpha value is -2.29. The lowest BCUT2D eigenvalue weighted by Gasteiger charge is -2.11. The first-order valence-electron chi connectivity index (χ1n) is 7.05. The van der Waals surface area contributed by atoms with Crippen LogP contribution >= 0.6 is 22.6 Å². The molecule has 2 aromatic rings. The minimum Gasteiger partial charge on any atom is -0.493 e. The van der Waals surface area contributed by atoms with Crippen LogP contribution in [-0.4, -0.2) is 26.0 Å². The van der Waals surface area contributed by atoms with Gasteiger partial charge in [0.25, 0.3) is 11.8 Å². The molecule has 2 aromatic carbocycles. The van der Waals surface area contributed by atoms with Crippen molar-refractivity contribution < 1.29 is 19.1 Å². The van der Waals surface area contributed by atoms with Crippen LogP contribution in [0.15, 0.2) is 36.4 Å². The van der Waals surface area contributed by atoms with Gasteiger partial charge in [0.15, 0.2) is 11.5 Å². The van der Waals surface area contributed by atoms with E-state index < -0.39 is 5.91 Å². The molecule has 0 aliphatic heterocycles. The number of nitrogens with one attached hydrogen (secondary N) is 2. The zero-order valence-electron chi connectivity index (χ0n) is 13.5. The number of methoxy groups -OCH3 is 2. The van der Waals surface area contributed by atoms with Gasteiger partial charge in [-0.2, -0.15) is 0 Å². The molecule has 24 heavy (non-hydrogen) atoms. The molecule has 0 saturated carbocycles. The van der Waals surface area contributed by atoms with E-state index in [1.54, 1.807) is 24.3 Å². The summed E-state index contributed by atoms with van der Waals surface area (Å²) in [5.41, 5.74) is 6.67. The topological polar surface area (TPSA) is 76.7 Å². The van der Waals surface area contributed by atoms with Gasteiger partial charge in [-0.05, 0) is 65.4 Å². The Bertz CT molecular complexity index is 777. The van der Waals surface area contributed by atoms with Gasteiger partial charge >= 0.3 is 0 Å². The molecule has 7 heteroatoms. The lowest BCUT2D eigenvalue weighted by Crippen LogP contribution is -2.41. The predicted octanol–water partition coefficient (Wildman–Crippen LogP) is 2.69. The predicted molar refractivity (Wildman–Crippen MR) is 98.4 cm³/mol. The van der Waals surface area contributed by atoms with Gasteiger partial charge in [-0.15, -0.1) is 0 Å². The quantitative estimate of drug-likeness (QED) is 0.567. The molecule has 0 unspecified atom stereocenters. The van der Waals surface area contributed by atoms with Gasteiger partial charge < -0.3 is 9.47 Å². The summed E-state index contributed by atoms with van der Waals surface area (Å²) in [4.78, 5) is 24.2. The van der Waals surface area contributed by atoms with Crippen LogP contribution in [-0.2, 0) is 0 Å². The van der Waals surface area contributed by atoms with E-state index in [0.717, 1.165) is 9.13 Å². The van der Waals surface area contributed by atoms with Crippen molar-refractivity contribution in [2.45, 2.75) is 6.92 Å². The molecular formula is C17H17IN2O4. The van der Waals surface area contributed by atoms with Crippen LogP contribution in [0.5, 0.6) is 11.5 Å². The Kier molecular flexibility index (Phi) is 6.02. The fourth-order valence-electron chi connectivity index (χ4n) is 1.97. The summed E-state index contributed by atoms with van der Waals surface area (Å²) >= 11 is 2.16. The summed E-state index contributed by atoms with van der Waals surface area (Å²) in [5, 5.41) is 0. The fourth-order valence-corrected chi connectivity index (χ4v) is 2.48. The lowest BCUT2D eigenvalue weighted by molar-refractivity contribution is 0.0846. The van der Waals surface area contributed by atoms with Crippen LogP contribution in [0.2, 0.25) is 0 Å². The highest BCUT2D eigenvalue weighted by molar-refractivity contribution is 14.1. The molecule has 0 radical (unpaired) electrons. The van der Waals surface area contributed by atoms with Crippen molar-refractivity contribution in [1.29, 1.82) is 0 Å². The molecule has 0 aliphatic rings. The zero-order valence-corrected chi connectivity index (χ0v) is 15.6. The van der Waals surface area contributed by atoms with E-state index in [-0.39, 0.29) is 5.91 Å². The number of hydrogen-bond donors (Lipinski definition) is 2. The summed E-state index contributed by atoms with van der Waals surface area (Å²) < 4.78 is 11.3. The van der Waals surface area contributed by atoms with Crippen molar-refractivity contribution in [2.24, 2.45) is 0 Å². The van der Waals surface area contributed by atoms with Gasteiger partial charge in [0, 0.05) is 14.7 Å². The third kappa shape index (κ3) is 4.16. The highest BCUT2D eigenvalue weighted by Gasteiger charge is 2.12. The number of carbonyl (C=O) groups excluding carboxylic acids is 2. The third-order valence-corrected chi connectivity index (χ3v) is 4.53. The number of rotatable bonds is 4. The Morgan fingerprint density at radius 1 is 0.875 bits per heavy atom. The van der Waals surface area contributed by atoms with E-state index in [9.17, 15) is 9.59 Å². The SMILES string of the molecule is COc1ccc(C(=O)NNC(=O)c2ccc(C)c(I)c2)cc1OC. The maximum Gasteiger partial charge on any atom is 0.269 e. The number of benzene rings is 2. The summed E-state index contributed by atoms with van der Waals surface area (Å²) in [7, 11) is 3.00. The Labute approximate surface area is 153 Å². The second-order valence-corrected chi connectivity index (χ2v) is 6.10. The average Bonchev–Trinajstić information content (AvgIpc) is 2.60. The van der Waals surface area contributed by atoms with Gasteiger partial charge in [-0.1, -0.05) is 6.07 Å². The number of amides is 2. The molecule has 6 nitrogen and oxygen atoms in total. The van der Waals surface area contributed by atoms with Gasteiger partial charge in [-0.25, -0.2) is 0 Å². The first kappa shape index (κ1) is 18.1. The Morgan fingerprint density at radius 2 is 1.42 bits per heavy atom. The van der Waals surface area contributed by atoms with E-state index in [1.807, 2.05) is 13.0 Å². The standard InChI is InChI=1S/C17H17IN2O4/c1-10-4-5-11(8-13(10)18)16(21)19-20-17(22)12-6-7-14(23-2)15(9-12)24-3/h4-9H,1-3H3,(H,19,21)(H,20,22). The number of aryl methyl sites for hydroxylation is 1. The van der Waals surface area contributed by atoms with Crippen LogP contribution in [0.1, 0.15) is 26.3 Å². The normalized spacial score (nSPS) is 10.0. The van der Waals surface area contributed by atoms with E-state index in [0.29, 0.717) is 22.6 Å². The summed E-state index contributed by atoms with van der Waals surface area (Å²) in [6.45, 7) is 1.96. The smallest absolute Gasteiger partial charge is 0.269 e. The van der Waals surface area contributed by atoms with Gasteiger partial charge in [0.05, 0.1) is 14.2 Å². The van der Waals surface area contributed by atoms with Crippen LogP contribution in [0.4, 0.5) is 0 Å². The van der Waals surface area contributed by atoms with Crippen LogP contribution in [0, 0.1) is 10.5 Å². The summed E-state index contributed by atoms with van der Waals surface area (Å²) in [6.07, 6.45) is 0. The second-order valence-electron chi connectivity index (χ2n) is 4.94. The average molecular weight is 440 g/mol. The molecule has 126 valence electrons. The largest absolute Gasteiger partial charge is 0.493 e. The van der Waals surface area contributed by atoms with E-state index in [1.165, 1.54) is 20.3 Å². The molecule has 2 rings (SSSR count). The molecule has 0 aliphatic carbocycles. The van der Waals surface area contributed by atoms with Gasteiger partial charge in [-0.3, -0.25) is 20.4 Å². The van der Waals surface area contributed by atoms with Crippen molar-refractivity contribution in [3.8, 4) is 11.5 Å². The number of hydrazine groups is 1. The molecule has 0 heterocycles. The highest BCUT2D eigenvalue weighted by atomic mass is 127. The summed E-state index contributed by atoms with van der Waals surface area (Å²) in [6, 6.07) is 10.1. The maximum atomic E-state index is 12.1. The number of carbonyl (C=O) groups is 2. The monoisotopic (exact) mass is 440 g/mol. The molecule has 2 amide bonds. The van der Waals surface area contributed by atoms with Crippen molar-refractivity contribution >= 4 is 34.4 Å². The van der Waals surface area contributed by atoms with Gasteiger partial charge in [0.2, 0.25) is 0 Å². The third-order valence-electron chi connectivity index (χ3n) is 3.37. The van der Waals surface area contributed by atoms with E-state index in [2.05, 4.69) is 33.4 Å². The molecule has 0 aromatic heterocycles. The zero-order chi connectivity index (χ0) is 17.7. The first-order chi connectivity index (χ1) is 11.5. The van der Waals surface area contributed by atoms with Crippen LogP contribution in [0.3, 0.4) is 0 Å². The van der Waals surface area contributed by atoms with Crippen LogP contribution in [0.25, 0.3) is 0 Å². The number of hydrogen-bond acceptors (Lipinski definition) is 4. The van der Waals surface area contributed by atoms with Gasteiger partial charge in [0.1, 0.15) is 0 Å². The fraction of sp³-hybridized carbons (Fsp3) is 0.176. The Morgan fingerprint density at radius 3 is 1.96 bits per heavy atom. The van der Waals surface area contributed by atoms with Crippen molar-refractivity contribution in [3.63, 3.8) is 0 Å². The van der Waals surface area contributed by atoms with E-state index in [4.69, 9.17) is 9.47 Å². The molecular weight excluding hydrogens is 423 g/mol. The Balaban J connectivity index is 2.04. The van der Waals surface area contributed by atoms with Crippen LogP contribution < -0.4 is 20.3 Å². The summed E-state index contributed by atoms with van der Waals surface area (Å²) in [5.74, 6) is 0.115. The molecule has 0 atom stereocenters. The minimum absolute atomic E-state index is 0.339. The molecule has 0 fully saturated rings. The highest BCUT2D eigenvalue weighted by Crippen LogP contribution is 2.27. The molecule has 0 bridgehead atoms. The molecule has 0 saturated heterocycles. The second kappa shape index (κ2) is 8.00. The van der Waals surface area contributed by atoms with E-state index >= 15 is 0 Å². The van der Waals surface area contributed by atoms with Crippen molar-refractivity contribution in [3.05, 3.63) is 56.7 Å². The minimum atomic E-state index is -0.453. The van der Waals surface area contributed by atoms with Crippen molar-refractivity contribution in [2.75, 3.05) is 14.2 Å². The molecule has 0 spiro atoms. The maximum absolute atomic E-state index is 12.1. The first-order valence-corrected chi connectivity index (χ1v) is 8.13. The van der Waals surface area contributed by atoms with Crippen molar-refractivity contribution in [1.82, 2.24) is 10.9 Å². The lowest BCUT2D eigenvalue weighted by atomic mass is 10.1. The number of halogens is 1. The molecule has 2 N–H and O–H groups in total. The number of ether oxygens (including phenoxy) is 2.